The summed E-state index contributed by atoms with van der Waals surface area (Å²) >= 11 is 1.01. The Kier molecular flexibility index (Phi) is 7.45. The molecule has 1 saturated heterocycles. The number of hydrogen-bond donors (Lipinski definition) is 1. The molecule has 8 heteroatoms. The zero-order chi connectivity index (χ0) is 23.3. The molecule has 0 spiro atoms. The molecular formula is C24H27NO6S. The number of thioether (sulfide) groups is 1. The zero-order valence-electron chi connectivity index (χ0n) is 18.5. The van der Waals surface area contributed by atoms with Crippen molar-refractivity contribution < 1.29 is 28.6 Å². The van der Waals surface area contributed by atoms with Gasteiger partial charge < -0.3 is 14.2 Å². The largest absolute Gasteiger partial charge is 0.497 e. The Hall–Kier alpha value is -3.00. The van der Waals surface area contributed by atoms with Crippen molar-refractivity contribution in [2.45, 2.75) is 38.5 Å². The number of benzene rings is 2. The highest BCUT2D eigenvalue weighted by Crippen LogP contribution is 2.28. The van der Waals surface area contributed by atoms with E-state index < -0.39 is 16.8 Å². The maximum atomic E-state index is 12.5. The molecule has 2 aromatic carbocycles. The van der Waals surface area contributed by atoms with Crippen molar-refractivity contribution in [1.82, 2.24) is 5.32 Å². The quantitative estimate of drug-likeness (QED) is 0.591. The number of nitrogens with one attached hydrogen (secondary N) is 1. The molecule has 1 aliphatic rings. The summed E-state index contributed by atoms with van der Waals surface area (Å²) < 4.78 is 17.0. The summed E-state index contributed by atoms with van der Waals surface area (Å²) in [5.74, 6) is 0.678. The van der Waals surface area contributed by atoms with Crippen molar-refractivity contribution in [2.24, 2.45) is 5.41 Å². The fraction of sp³-hybridized carbons (Fsp3) is 0.375. The summed E-state index contributed by atoms with van der Waals surface area (Å²) in [4.78, 5) is 35.6. The van der Waals surface area contributed by atoms with Crippen LogP contribution in [0.3, 0.4) is 0 Å². The molecule has 32 heavy (non-hydrogen) atoms. The standard InChI is InChI=1S/C24H27NO6S/c1-24(2,3)22(27)31-19(16-6-5-7-18(13-16)29-4)14-30-17-10-8-15(9-11-17)12-20-21(26)25-23(28)32-20/h5-11,13,19-20H,12,14H2,1-4H3,(H,25,26,28). The van der Waals surface area contributed by atoms with Crippen molar-refractivity contribution in [3.05, 3.63) is 59.7 Å². The zero-order valence-corrected chi connectivity index (χ0v) is 19.4. The van der Waals surface area contributed by atoms with Crippen LogP contribution in [0.4, 0.5) is 4.79 Å². The van der Waals surface area contributed by atoms with Crippen LogP contribution in [0.15, 0.2) is 48.5 Å². The van der Waals surface area contributed by atoms with Crippen LogP contribution in [-0.4, -0.2) is 36.1 Å². The fourth-order valence-corrected chi connectivity index (χ4v) is 3.84. The number of imide groups is 1. The van der Waals surface area contributed by atoms with Crippen LogP contribution in [0.5, 0.6) is 11.5 Å². The second-order valence-corrected chi connectivity index (χ2v) is 9.64. The van der Waals surface area contributed by atoms with E-state index >= 15 is 0 Å². The summed E-state index contributed by atoms with van der Waals surface area (Å²) in [7, 11) is 1.58. The Morgan fingerprint density at radius 2 is 1.81 bits per heavy atom. The van der Waals surface area contributed by atoms with E-state index in [4.69, 9.17) is 14.2 Å². The fourth-order valence-electron chi connectivity index (χ4n) is 2.98. The third-order valence-electron chi connectivity index (χ3n) is 4.84. The molecule has 1 heterocycles. The van der Waals surface area contributed by atoms with E-state index in [1.54, 1.807) is 40.0 Å². The molecule has 2 aromatic rings. The molecule has 1 fully saturated rings. The normalized spacial score (nSPS) is 16.9. The van der Waals surface area contributed by atoms with Gasteiger partial charge in [-0.05, 0) is 62.6 Å². The van der Waals surface area contributed by atoms with Crippen molar-refractivity contribution in [3.63, 3.8) is 0 Å². The van der Waals surface area contributed by atoms with Crippen molar-refractivity contribution >= 4 is 28.9 Å². The van der Waals surface area contributed by atoms with Crippen LogP contribution in [0.2, 0.25) is 0 Å². The number of amides is 2. The number of hydrogen-bond acceptors (Lipinski definition) is 7. The van der Waals surface area contributed by atoms with Gasteiger partial charge in [0.05, 0.1) is 17.8 Å². The molecule has 0 aliphatic carbocycles. The Morgan fingerprint density at radius 1 is 1.09 bits per heavy atom. The first-order chi connectivity index (χ1) is 15.2. The molecule has 2 unspecified atom stereocenters. The van der Waals surface area contributed by atoms with E-state index in [0.29, 0.717) is 17.9 Å². The minimum atomic E-state index is -0.648. The topological polar surface area (TPSA) is 90.9 Å². The summed E-state index contributed by atoms with van der Waals surface area (Å²) in [5, 5.41) is 1.57. The van der Waals surface area contributed by atoms with E-state index in [-0.39, 0.29) is 23.7 Å². The minimum Gasteiger partial charge on any atom is -0.497 e. The summed E-state index contributed by atoms with van der Waals surface area (Å²) in [6.45, 7) is 5.53. The lowest BCUT2D eigenvalue weighted by molar-refractivity contribution is -0.160. The predicted octanol–water partition coefficient (Wildman–Crippen LogP) is 4.30. The third kappa shape index (κ3) is 6.26. The smallest absolute Gasteiger partial charge is 0.311 e. The lowest BCUT2D eigenvalue weighted by Gasteiger charge is -2.24. The predicted molar refractivity (Wildman–Crippen MR) is 122 cm³/mol. The minimum absolute atomic E-state index is 0.129. The second-order valence-electron chi connectivity index (χ2n) is 8.46. The molecule has 0 bridgehead atoms. The first kappa shape index (κ1) is 23.7. The van der Waals surface area contributed by atoms with Gasteiger partial charge in [0.2, 0.25) is 5.91 Å². The van der Waals surface area contributed by atoms with Crippen molar-refractivity contribution in [1.29, 1.82) is 0 Å². The van der Waals surface area contributed by atoms with Crippen LogP contribution >= 0.6 is 11.8 Å². The molecule has 1 N–H and O–H groups in total. The Bertz CT molecular complexity index is 983. The number of methoxy groups -OCH3 is 1. The lowest BCUT2D eigenvalue weighted by atomic mass is 9.97. The Labute approximate surface area is 191 Å². The number of rotatable bonds is 8. The third-order valence-corrected chi connectivity index (χ3v) is 5.82. The maximum absolute atomic E-state index is 12.5. The summed E-state index contributed by atoms with van der Waals surface area (Å²) in [6.07, 6.45) is -0.154. The first-order valence-electron chi connectivity index (χ1n) is 10.2. The molecule has 0 saturated carbocycles. The number of carbonyl (C=O) groups is 3. The molecule has 170 valence electrons. The lowest BCUT2D eigenvalue weighted by Crippen LogP contribution is -2.27. The van der Waals surface area contributed by atoms with Crippen molar-refractivity contribution in [3.8, 4) is 11.5 Å². The molecule has 7 nitrogen and oxygen atoms in total. The average Bonchev–Trinajstić information content (AvgIpc) is 3.07. The van der Waals surface area contributed by atoms with Crippen LogP contribution in [0.1, 0.15) is 38.0 Å². The van der Waals surface area contributed by atoms with Gasteiger partial charge in [-0.3, -0.25) is 19.7 Å². The Balaban J connectivity index is 1.67. The summed E-state index contributed by atoms with van der Waals surface area (Å²) in [5.41, 5.74) is 1.04. The van der Waals surface area contributed by atoms with E-state index in [0.717, 1.165) is 22.9 Å². The highest BCUT2D eigenvalue weighted by atomic mass is 32.2. The van der Waals surface area contributed by atoms with Crippen LogP contribution in [-0.2, 0) is 20.7 Å². The van der Waals surface area contributed by atoms with Crippen LogP contribution in [0.25, 0.3) is 0 Å². The number of esters is 1. The molecule has 0 radical (unpaired) electrons. The molecule has 2 amide bonds. The van der Waals surface area contributed by atoms with Gasteiger partial charge >= 0.3 is 5.97 Å². The maximum Gasteiger partial charge on any atom is 0.311 e. The van der Waals surface area contributed by atoms with Gasteiger partial charge in [-0.15, -0.1) is 0 Å². The number of carbonyl (C=O) groups excluding carboxylic acids is 3. The highest BCUT2D eigenvalue weighted by Gasteiger charge is 2.31. The van der Waals surface area contributed by atoms with E-state index in [1.165, 1.54) is 0 Å². The van der Waals surface area contributed by atoms with E-state index in [2.05, 4.69) is 5.32 Å². The van der Waals surface area contributed by atoms with E-state index in [9.17, 15) is 14.4 Å². The van der Waals surface area contributed by atoms with Gasteiger partial charge in [0, 0.05) is 0 Å². The molecular weight excluding hydrogens is 430 g/mol. The van der Waals surface area contributed by atoms with Gasteiger partial charge in [0.1, 0.15) is 18.1 Å². The highest BCUT2D eigenvalue weighted by molar-refractivity contribution is 8.15. The van der Waals surface area contributed by atoms with E-state index in [1.807, 2.05) is 36.4 Å². The van der Waals surface area contributed by atoms with Crippen molar-refractivity contribution in [2.75, 3.05) is 13.7 Å². The van der Waals surface area contributed by atoms with Gasteiger partial charge in [-0.1, -0.05) is 36.0 Å². The van der Waals surface area contributed by atoms with Gasteiger partial charge in [-0.2, -0.15) is 0 Å². The second kappa shape index (κ2) is 10.1. The SMILES string of the molecule is COc1cccc(C(COc2ccc(CC3SC(=O)NC3=O)cc2)OC(=O)C(C)(C)C)c1. The van der Waals surface area contributed by atoms with Gasteiger partial charge in [-0.25, -0.2) is 0 Å². The molecule has 2 atom stereocenters. The average molecular weight is 458 g/mol. The molecule has 3 rings (SSSR count). The van der Waals surface area contributed by atoms with Gasteiger partial charge in [0.25, 0.3) is 5.24 Å². The Morgan fingerprint density at radius 3 is 2.41 bits per heavy atom. The molecule has 1 aliphatic heterocycles. The van der Waals surface area contributed by atoms with Crippen LogP contribution in [0, 0.1) is 5.41 Å². The first-order valence-corrected chi connectivity index (χ1v) is 11.1. The summed E-state index contributed by atoms with van der Waals surface area (Å²) in [6, 6.07) is 14.6. The van der Waals surface area contributed by atoms with Crippen LogP contribution < -0.4 is 14.8 Å². The monoisotopic (exact) mass is 457 g/mol. The van der Waals surface area contributed by atoms with Gasteiger partial charge in [0.15, 0.2) is 6.10 Å². The number of ether oxygens (including phenoxy) is 3. The molecule has 0 aromatic heterocycles.